The van der Waals surface area contributed by atoms with Crippen molar-refractivity contribution in [2.24, 2.45) is 0 Å². The Morgan fingerprint density at radius 2 is 1.79 bits per heavy atom. The minimum Gasteiger partial charge on any atom is -0.465 e. The smallest absolute Gasteiger partial charge is 0.337 e. The summed E-state index contributed by atoms with van der Waals surface area (Å²) in [6.45, 7) is 4.59. The third-order valence-electron chi connectivity index (χ3n) is 5.45. The predicted molar refractivity (Wildman–Crippen MR) is 130 cm³/mol. The first-order valence-corrected chi connectivity index (χ1v) is 11.5. The van der Waals surface area contributed by atoms with Crippen molar-refractivity contribution < 1.29 is 14.3 Å². The molecule has 0 unspecified atom stereocenters. The Hall–Kier alpha value is -3.71. The molecule has 0 aliphatic rings. The Labute approximate surface area is 196 Å². The molecule has 7 heteroatoms. The molecule has 0 saturated carbocycles. The Bertz CT molecular complexity index is 1270. The third-order valence-corrected chi connectivity index (χ3v) is 6.30. The van der Waals surface area contributed by atoms with E-state index in [1.165, 1.54) is 18.4 Å². The van der Waals surface area contributed by atoms with Crippen LogP contribution in [0, 0.1) is 13.8 Å². The molecule has 0 spiro atoms. The van der Waals surface area contributed by atoms with E-state index in [0.29, 0.717) is 12.1 Å². The number of aromatic nitrogens is 2. The van der Waals surface area contributed by atoms with Crippen LogP contribution in [0.25, 0.3) is 16.9 Å². The monoisotopic (exact) mass is 459 g/mol. The summed E-state index contributed by atoms with van der Waals surface area (Å²) in [5, 5.41) is 5.72. The van der Waals surface area contributed by atoms with Gasteiger partial charge in [0.25, 0.3) is 0 Å². The second-order valence-electron chi connectivity index (χ2n) is 7.72. The lowest BCUT2D eigenvalue weighted by molar-refractivity contribution is -0.120. The minimum absolute atomic E-state index is 0.0454. The molecule has 2 aromatic carbocycles. The van der Waals surface area contributed by atoms with Gasteiger partial charge in [-0.1, -0.05) is 30.3 Å². The number of rotatable bonds is 7. The summed E-state index contributed by atoms with van der Waals surface area (Å²) in [5.74, 6) is -0.401. The van der Waals surface area contributed by atoms with E-state index >= 15 is 0 Å². The number of hydrogen-bond acceptors (Lipinski definition) is 5. The van der Waals surface area contributed by atoms with Crippen LogP contribution >= 0.6 is 11.3 Å². The van der Waals surface area contributed by atoms with Crippen LogP contribution in [0.3, 0.4) is 0 Å². The van der Waals surface area contributed by atoms with E-state index in [2.05, 4.69) is 16.0 Å². The summed E-state index contributed by atoms with van der Waals surface area (Å²) >= 11 is 1.49. The number of nitrogens with zero attached hydrogens (tertiary/aromatic N) is 2. The lowest BCUT2D eigenvalue weighted by Gasteiger charge is -2.10. The van der Waals surface area contributed by atoms with Crippen LogP contribution < -0.4 is 5.32 Å². The van der Waals surface area contributed by atoms with Gasteiger partial charge in [-0.3, -0.25) is 4.79 Å². The predicted octanol–water partition coefficient (Wildman–Crippen LogP) is 4.86. The average Bonchev–Trinajstić information content (AvgIpc) is 3.41. The van der Waals surface area contributed by atoms with Crippen LogP contribution in [0.1, 0.15) is 32.3 Å². The summed E-state index contributed by atoms with van der Waals surface area (Å²) in [6, 6.07) is 19.3. The third kappa shape index (κ3) is 5.04. The molecule has 0 aliphatic carbocycles. The van der Waals surface area contributed by atoms with Gasteiger partial charge in [-0.05, 0) is 49.7 Å². The summed E-state index contributed by atoms with van der Waals surface area (Å²) in [7, 11) is 1.37. The molecule has 1 N–H and O–H groups in total. The number of aryl methyl sites for hydroxylation is 1. The van der Waals surface area contributed by atoms with Crippen molar-refractivity contribution in [1.29, 1.82) is 0 Å². The number of benzene rings is 2. The molecule has 0 radical (unpaired) electrons. The van der Waals surface area contributed by atoms with Gasteiger partial charge in [-0.15, -0.1) is 11.3 Å². The highest BCUT2D eigenvalue weighted by Gasteiger charge is 2.16. The van der Waals surface area contributed by atoms with Crippen molar-refractivity contribution in [2.75, 3.05) is 7.11 Å². The van der Waals surface area contributed by atoms with Crippen molar-refractivity contribution in [2.45, 2.75) is 26.8 Å². The zero-order valence-corrected chi connectivity index (χ0v) is 19.6. The summed E-state index contributed by atoms with van der Waals surface area (Å²) < 4.78 is 6.90. The average molecular weight is 460 g/mol. The molecule has 4 aromatic rings. The van der Waals surface area contributed by atoms with Gasteiger partial charge in [-0.2, -0.15) is 0 Å². The van der Waals surface area contributed by atoms with Crippen LogP contribution in [0.5, 0.6) is 0 Å². The molecule has 4 rings (SSSR count). The van der Waals surface area contributed by atoms with Crippen molar-refractivity contribution >= 4 is 23.2 Å². The minimum atomic E-state index is -0.356. The van der Waals surface area contributed by atoms with Gasteiger partial charge in [0.1, 0.15) is 5.01 Å². The molecule has 2 heterocycles. The second kappa shape index (κ2) is 9.83. The maximum Gasteiger partial charge on any atom is 0.337 e. The van der Waals surface area contributed by atoms with Crippen LogP contribution in [0.15, 0.2) is 66.0 Å². The Kier molecular flexibility index (Phi) is 6.70. The summed E-state index contributed by atoms with van der Waals surface area (Å²) in [4.78, 5) is 28.8. The van der Waals surface area contributed by atoms with Crippen molar-refractivity contribution in [3.05, 3.63) is 93.6 Å². The van der Waals surface area contributed by atoms with Crippen LogP contribution in [-0.2, 0) is 22.5 Å². The van der Waals surface area contributed by atoms with Gasteiger partial charge in [0.2, 0.25) is 5.91 Å². The van der Waals surface area contributed by atoms with Gasteiger partial charge in [0.15, 0.2) is 0 Å². The summed E-state index contributed by atoms with van der Waals surface area (Å²) in [6.07, 6.45) is 0.255. The SMILES string of the molecule is COC(=O)c1ccc(-n2c(C)cc(-c3csc(CC(=O)NCc4ccccc4)n3)c2C)cc1. The fourth-order valence-electron chi connectivity index (χ4n) is 3.80. The molecule has 33 heavy (non-hydrogen) atoms. The van der Waals surface area contributed by atoms with Gasteiger partial charge in [-0.25, -0.2) is 9.78 Å². The maximum atomic E-state index is 12.4. The Morgan fingerprint density at radius 3 is 2.48 bits per heavy atom. The highest BCUT2D eigenvalue weighted by molar-refractivity contribution is 7.10. The zero-order chi connectivity index (χ0) is 23.4. The number of thiazole rings is 1. The molecular weight excluding hydrogens is 434 g/mol. The van der Waals surface area contributed by atoms with Gasteiger partial charge < -0.3 is 14.6 Å². The van der Waals surface area contributed by atoms with E-state index in [4.69, 9.17) is 9.72 Å². The highest BCUT2D eigenvalue weighted by atomic mass is 32.1. The number of methoxy groups -OCH3 is 1. The van der Waals surface area contributed by atoms with E-state index in [1.54, 1.807) is 12.1 Å². The lowest BCUT2D eigenvalue weighted by Crippen LogP contribution is -2.24. The first-order valence-electron chi connectivity index (χ1n) is 10.6. The Morgan fingerprint density at radius 1 is 1.06 bits per heavy atom. The van der Waals surface area contributed by atoms with Crippen molar-refractivity contribution in [3.8, 4) is 16.9 Å². The van der Waals surface area contributed by atoms with Crippen LogP contribution in [-0.4, -0.2) is 28.5 Å². The molecule has 0 atom stereocenters. The van der Waals surface area contributed by atoms with E-state index in [1.807, 2.05) is 61.7 Å². The maximum absolute atomic E-state index is 12.4. The lowest BCUT2D eigenvalue weighted by atomic mass is 10.2. The molecule has 0 bridgehead atoms. The normalized spacial score (nSPS) is 10.8. The van der Waals surface area contributed by atoms with Gasteiger partial charge >= 0.3 is 5.97 Å². The van der Waals surface area contributed by atoms with E-state index in [9.17, 15) is 9.59 Å². The number of carbonyl (C=O) groups excluding carboxylic acids is 2. The van der Waals surface area contributed by atoms with E-state index in [0.717, 1.165) is 38.9 Å². The number of carbonyl (C=O) groups is 2. The topological polar surface area (TPSA) is 73.2 Å². The fraction of sp³-hybridized carbons (Fsp3) is 0.192. The largest absolute Gasteiger partial charge is 0.465 e. The van der Waals surface area contributed by atoms with Crippen molar-refractivity contribution in [1.82, 2.24) is 14.9 Å². The molecule has 0 saturated heterocycles. The molecule has 6 nitrogen and oxygen atoms in total. The molecule has 1 amide bonds. The molecular formula is C26H25N3O3S. The number of amides is 1. The summed E-state index contributed by atoms with van der Waals surface area (Å²) in [5.41, 5.74) is 6.52. The number of nitrogens with one attached hydrogen (secondary N) is 1. The first kappa shape index (κ1) is 22.5. The number of esters is 1. The van der Waals surface area contributed by atoms with Gasteiger partial charge in [0, 0.05) is 34.6 Å². The fourth-order valence-corrected chi connectivity index (χ4v) is 4.59. The Balaban J connectivity index is 1.48. The molecule has 0 fully saturated rings. The van der Waals surface area contributed by atoms with Gasteiger partial charge in [0.05, 0.1) is 24.8 Å². The van der Waals surface area contributed by atoms with Crippen LogP contribution in [0.4, 0.5) is 0 Å². The van der Waals surface area contributed by atoms with Crippen LogP contribution in [0.2, 0.25) is 0 Å². The molecule has 2 aromatic heterocycles. The standard InChI is InChI=1S/C26H25N3O3S/c1-17-13-22(18(2)29(17)21-11-9-20(10-12-21)26(31)32-3)23-16-33-25(28-23)14-24(30)27-15-19-7-5-4-6-8-19/h4-13,16H,14-15H2,1-3H3,(H,27,30). The first-order chi connectivity index (χ1) is 16.0. The van der Waals surface area contributed by atoms with Crippen molar-refractivity contribution in [3.63, 3.8) is 0 Å². The highest BCUT2D eigenvalue weighted by Crippen LogP contribution is 2.30. The molecule has 168 valence electrons. The van der Waals surface area contributed by atoms with E-state index in [-0.39, 0.29) is 18.3 Å². The second-order valence-corrected chi connectivity index (χ2v) is 8.67. The number of ether oxygens (including phenoxy) is 1. The number of hydrogen-bond donors (Lipinski definition) is 1. The quantitative estimate of drug-likeness (QED) is 0.401. The molecule has 0 aliphatic heterocycles. The van der Waals surface area contributed by atoms with E-state index < -0.39 is 0 Å². The zero-order valence-electron chi connectivity index (χ0n) is 18.8.